The lowest BCUT2D eigenvalue weighted by Crippen LogP contribution is -2.44. The number of aryl methyl sites for hydroxylation is 2. The quantitative estimate of drug-likeness (QED) is 0.899. The van der Waals surface area contributed by atoms with Crippen LogP contribution in [0.25, 0.3) is 0 Å². The minimum Gasteiger partial charge on any atom is -0.355 e. The van der Waals surface area contributed by atoms with Crippen LogP contribution in [0.1, 0.15) is 29.2 Å². The Bertz CT molecular complexity index is 668. The minimum atomic E-state index is -0.000497. The summed E-state index contributed by atoms with van der Waals surface area (Å²) >= 11 is 1.62. The van der Waals surface area contributed by atoms with Crippen LogP contribution in [-0.2, 0) is 11.2 Å². The summed E-state index contributed by atoms with van der Waals surface area (Å²) in [5.41, 5.74) is 1.93. The molecule has 128 valence electrons. The van der Waals surface area contributed by atoms with E-state index in [9.17, 15) is 4.79 Å². The SMILES string of the molecule is Cc1cc(C)nc(N2CCC[C@H](C(=O)NCCc3nccs3)C2)n1. The maximum Gasteiger partial charge on any atom is 0.225 e. The number of carbonyl (C=O) groups is 1. The van der Waals surface area contributed by atoms with Gasteiger partial charge in [-0.3, -0.25) is 4.79 Å². The van der Waals surface area contributed by atoms with E-state index in [1.165, 1.54) is 0 Å². The first-order valence-electron chi connectivity index (χ1n) is 8.35. The summed E-state index contributed by atoms with van der Waals surface area (Å²) in [4.78, 5) is 27.9. The fraction of sp³-hybridized carbons (Fsp3) is 0.529. The van der Waals surface area contributed by atoms with Crippen molar-refractivity contribution in [2.24, 2.45) is 5.92 Å². The molecule has 0 bridgehead atoms. The summed E-state index contributed by atoms with van der Waals surface area (Å²) in [5, 5.41) is 6.06. The molecule has 1 N–H and O–H groups in total. The van der Waals surface area contributed by atoms with Crippen molar-refractivity contribution in [2.75, 3.05) is 24.5 Å². The van der Waals surface area contributed by atoms with Crippen molar-refractivity contribution in [3.05, 3.63) is 34.0 Å². The molecule has 0 saturated carbocycles. The normalized spacial score (nSPS) is 17.8. The monoisotopic (exact) mass is 345 g/mol. The smallest absolute Gasteiger partial charge is 0.225 e. The average molecular weight is 345 g/mol. The van der Waals surface area contributed by atoms with Gasteiger partial charge in [0.05, 0.1) is 10.9 Å². The predicted octanol–water partition coefficient (Wildman–Crippen LogP) is 2.13. The lowest BCUT2D eigenvalue weighted by molar-refractivity contribution is -0.125. The summed E-state index contributed by atoms with van der Waals surface area (Å²) in [5.74, 6) is 0.868. The Kier molecular flexibility index (Phi) is 5.40. The number of amides is 1. The number of thiazole rings is 1. The first-order chi connectivity index (χ1) is 11.6. The van der Waals surface area contributed by atoms with Gasteiger partial charge in [0.2, 0.25) is 11.9 Å². The van der Waals surface area contributed by atoms with Crippen LogP contribution in [0.2, 0.25) is 0 Å². The average Bonchev–Trinajstić information content (AvgIpc) is 3.07. The molecule has 3 rings (SSSR count). The van der Waals surface area contributed by atoms with E-state index in [1.807, 2.05) is 25.3 Å². The van der Waals surface area contributed by atoms with Crippen molar-refractivity contribution >= 4 is 23.2 Å². The maximum atomic E-state index is 12.4. The molecule has 24 heavy (non-hydrogen) atoms. The number of aromatic nitrogens is 3. The zero-order valence-corrected chi connectivity index (χ0v) is 15.0. The molecule has 7 heteroatoms. The summed E-state index contributed by atoms with van der Waals surface area (Å²) in [6, 6.07) is 1.97. The van der Waals surface area contributed by atoms with Gasteiger partial charge >= 0.3 is 0 Å². The van der Waals surface area contributed by atoms with Crippen LogP contribution < -0.4 is 10.2 Å². The second-order valence-corrected chi connectivity index (χ2v) is 7.18. The van der Waals surface area contributed by atoms with Gasteiger partial charge in [-0.2, -0.15) is 0 Å². The Morgan fingerprint density at radius 2 is 2.17 bits per heavy atom. The lowest BCUT2D eigenvalue weighted by Gasteiger charge is -2.32. The highest BCUT2D eigenvalue weighted by atomic mass is 32.1. The second kappa shape index (κ2) is 7.70. The van der Waals surface area contributed by atoms with Crippen molar-refractivity contribution in [1.29, 1.82) is 0 Å². The first kappa shape index (κ1) is 16.8. The van der Waals surface area contributed by atoms with Crippen molar-refractivity contribution in [3.8, 4) is 0 Å². The molecule has 0 aromatic carbocycles. The van der Waals surface area contributed by atoms with Crippen molar-refractivity contribution in [2.45, 2.75) is 33.1 Å². The fourth-order valence-electron chi connectivity index (χ4n) is 3.03. The van der Waals surface area contributed by atoms with Gasteiger partial charge in [0.15, 0.2) is 0 Å². The van der Waals surface area contributed by atoms with Gasteiger partial charge in [-0.1, -0.05) is 0 Å². The molecule has 2 aromatic rings. The zero-order chi connectivity index (χ0) is 16.9. The highest BCUT2D eigenvalue weighted by Crippen LogP contribution is 2.21. The Morgan fingerprint density at radius 3 is 2.88 bits per heavy atom. The third-order valence-corrected chi connectivity index (χ3v) is 5.01. The molecule has 0 aliphatic carbocycles. The van der Waals surface area contributed by atoms with Crippen LogP contribution in [0.3, 0.4) is 0 Å². The van der Waals surface area contributed by atoms with Crippen LogP contribution in [0.15, 0.2) is 17.6 Å². The van der Waals surface area contributed by atoms with Gasteiger partial charge in [0.25, 0.3) is 0 Å². The topological polar surface area (TPSA) is 71.0 Å². The molecular formula is C17H23N5OS. The molecule has 2 aromatic heterocycles. The third-order valence-electron chi connectivity index (χ3n) is 4.17. The Balaban J connectivity index is 1.55. The minimum absolute atomic E-state index is 0.000497. The highest BCUT2D eigenvalue weighted by molar-refractivity contribution is 7.09. The molecule has 3 heterocycles. The molecule has 1 atom stereocenters. The third kappa shape index (κ3) is 4.29. The maximum absolute atomic E-state index is 12.4. The van der Waals surface area contributed by atoms with Gasteiger partial charge in [-0.25, -0.2) is 15.0 Å². The van der Waals surface area contributed by atoms with E-state index in [4.69, 9.17) is 0 Å². The van der Waals surface area contributed by atoms with Crippen molar-refractivity contribution in [1.82, 2.24) is 20.3 Å². The van der Waals surface area contributed by atoms with E-state index in [0.717, 1.165) is 48.2 Å². The van der Waals surface area contributed by atoms with Crippen LogP contribution in [0, 0.1) is 19.8 Å². The summed E-state index contributed by atoms with van der Waals surface area (Å²) in [6.07, 6.45) is 4.50. The lowest BCUT2D eigenvalue weighted by atomic mass is 9.97. The van der Waals surface area contributed by atoms with Gasteiger partial charge in [-0.05, 0) is 32.8 Å². The number of carbonyl (C=O) groups excluding carboxylic acids is 1. The number of hydrogen-bond donors (Lipinski definition) is 1. The van der Waals surface area contributed by atoms with Crippen molar-refractivity contribution < 1.29 is 4.79 Å². The number of nitrogens with one attached hydrogen (secondary N) is 1. The van der Waals surface area contributed by atoms with Crippen LogP contribution >= 0.6 is 11.3 Å². The molecule has 0 radical (unpaired) electrons. The largest absolute Gasteiger partial charge is 0.355 e. The number of anilines is 1. The number of nitrogens with zero attached hydrogens (tertiary/aromatic N) is 4. The zero-order valence-electron chi connectivity index (χ0n) is 14.2. The number of hydrogen-bond acceptors (Lipinski definition) is 6. The van der Waals surface area contributed by atoms with Crippen LogP contribution in [-0.4, -0.2) is 40.5 Å². The number of rotatable bonds is 5. The molecule has 1 saturated heterocycles. The molecule has 1 aliphatic heterocycles. The van der Waals surface area contributed by atoms with E-state index >= 15 is 0 Å². The fourth-order valence-corrected chi connectivity index (χ4v) is 3.66. The van der Waals surface area contributed by atoms with Crippen LogP contribution in [0.5, 0.6) is 0 Å². The van der Waals surface area contributed by atoms with Gasteiger partial charge in [0.1, 0.15) is 0 Å². The van der Waals surface area contributed by atoms with E-state index in [-0.39, 0.29) is 11.8 Å². The standard InChI is InChI=1S/C17H23N5OS/c1-12-10-13(2)21-17(20-12)22-8-3-4-14(11-22)16(23)19-6-5-15-18-7-9-24-15/h7,9-10,14H,3-6,8,11H2,1-2H3,(H,19,23)/t14-/m0/s1. The number of piperidine rings is 1. The highest BCUT2D eigenvalue weighted by Gasteiger charge is 2.27. The molecule has 6 nitrogen and oxygen atoms in total. The van der Waals surface area contributed by atoms with E-state index in [1.54, 1.807) is 17.5 Å². The molecule has 1 aliphatic rings. The Labute approximate surface area is 146 Å². The molecular weight excluding hydrogens is 322 g/mol. The molecule has 0 spiro atoms. The Hall–Kier alpha value is -2.02. The van der Waals surface area contributed by atoms with E-state index in [0.29, 0.717) is 13.1 Å². The second-order valence-electron chi connectivity index (χ2n) is 6.20. The Morgan fingerprint density at radius 1 is 1.38 bits per heavy atom. The van der Waals surface area contributed by atoms with E-state index < -0.39 is 0 Å². The molecule has 1 amide bonds. The van der Waals surface area contributed by atoms with Gasteiger partial charge in [-0.15, -0.1) is 11.3 Å². The summed E-state index contributed by atoms with van der Waals surface area (Å²) < 4.78 is 0. The van der Waals surface area contributed by atoms with Gasteiger partial charge in [0, 0.05) is 49.0 Å². The van der Waals surface area contributed by atoms with Gasteiger partial charge < -0.3 is 10.2 Å². The predicted molar refractivity (Wildman–Crippen MR) is 95.3 cm³/mol. The summed E-state index contributed by atoms with van der Waals surface area (Å²) in [7, 11) is 0. The molecule has 0 unspecified atom stereocenters. The summed E-state index contributed by atoms with van der Waals surface area (Å²) in [6.45, 7) is 6.19. The van der Waals surface area contributed by atoms with Crippen molar-refractivity contribution in [3.63, 3.8) is 0 Å². The molecule has 1 fully saturated rings. The van der Waals surface area contributed by atoms with E-state index in [2.05, 4.69) is 25.2 Å². The van der Waals surface area contributed by atoms with Crippen LogP contribution in [0.4, 0.5) is 5.95 Å². The first-order valence-corrected chi connectivity index (χ1v) is 9.23.